The molecule has 0 heterocycles. The molecule has 0 saturated carbocycles. The van der Waals surface area contributed by atoms with Crippen LogP contribution in [0.15, 0.2) is 35.9 Å². The second kappa shape index (κ2) is 9.23. The van der Waals surface area contributed by atoms with Crippen LogP contribution in [0.25, 0.3) is 6.08 Å². The van der Waals surface area contributed by atoms with Crippen LogP contribution in [-0.2, 0) is 9.53 Å². The van der Waals surface area contributed by atoms with E-state index in [4.69, 9.17) is 13.6 Å². The zero-order chi connectivity index (χ0) is 20.0. The van der Waals surface area contributed by atoms with E-state index < -0.39 is 16.6 Å². The molecule has 0 bridgehead atoms. The molecule has 0 spiro atoms. The van der Waals surface area contributed by atoms with Crippen molar-refractivity contribution in [2.75, 3.05) is 6.61 Å². The molecule has 0 atom stereocenters. The monoisotopic (exact) mass is 392 g/mol. The largest absolute Gasteiger partial charge is 0.542 e. The number of benzene rings is 1. The number of hydrogen-bond donors (Lipinski definition) is 0. The molecule has 0 aliphatic rings. The third-order valence-electron chi connectivity index (χ3n) is 3.15. The van der Waals surface area contributed by atoms with Crippen molar-refractivity contribution >= 4 is 28.7 Å². The van der Waals surface area contributed by atoms with E-state index in [9.17, 15) is 4.79 Å². The fourth-order valence-corrected chi connectivity index (χ4v) is 3.58. The molecule has 0 aromatic heterocycles. The van der Waals surface area contributed by atoms with Gasteiger partial charge in [-0.3, -0.25) is 0 Å². The van der Waals surface area contributed by atoms with E-state index in [1.54, 1.807) is 6.08 Å². The average molecular weight is 393 g/mol. The lowest BCUT2D eigenvalue weighted by molar-refractivity contribution is -0.136. The second-order valence-electron chi connectivity index (χ2n) is 8.21. The van der Waals surface area contributed by atoms with Gasteiger partial charge in [0.25, 0.3) is 0 Å². The van der Waals surface area contributed by atoms with E-state index in [1.165, 1.54) is 6.08 Å². The fourth-order valence-electron chi connectivity index (χ4n) is 1.93. The predicted octanol–water partition coefficient (Wildman–Crippen LogP) is 5.64. The molecule has 0 unspecified atom stereocenters. The maximum Gasteiger partial charge on any atom is 0.331 e. The summed E-state index contributed by atoms with van der Waals surface area (Å²) in [4.78, 5) is 11.8. The normalized spacial score (nSPS) is 13.0. The molecular weight excluding hydrogens is 360 g/mol. The second-order valence-corrected chi connectivity index (χ2v) is 17.1. The summed E-state index contributed by atoms with van der Waals surface area (Å²) in [7, 11) is -3.53. The average Bonchev–Trinajstić information content (AvgIpc) is 2.50. The number of allylic oxidation sites excluding steroid dienone is 1. The molecule has 144 valence electrons. The molecular formula is C20H32O4Si2. The van der Waals surface area contributed by atoms with Crippen molar-refractivity contribution in [3.05, 3.63) is 41.5 Å². The zero-order valence-corrected chi connectivity index (χ0v) is 19.3. The first-order chi connectivity index (χ1) is 11.9. The number of rotatable bonds is 8. The first kappa shape index (κ1) is 22.2. The van der Waals surface area contributed by atoms with Crippen molar-refractivity contribution in [1.82, 2.24) is 0 Å². The summed E-state index contributed by atoms with van der Waals surface area (Å²) in [5.41, 5.74) is 1.89. The highest BCUT2D eigenvalue weighted by Crippen LogP contribution is 2.33. The molecule has 4 nitrogen and oxygen atoms in total. The lowest BCUT2D eigenvalue weighted by atomic mass is 10.2. The van der Waals surface area contributed by atoms with Gasteiger partial charge < -0.3 is 13.6 Å². The van der Waals surface area contributed by atoms with Crippen LogP contribution in [0.4, 0.5) is 0 Å². The molecule has 1 aromatic carbocycles. The van der Waals surface area contributed by atoms with Gasteiger partial charge in [-0.2, -0.15) is 0 Å². The Bertz CT molecular complexity index is 680. The highest BCUT2D eigenvalue weighted by atomic mass is 28.4. The number of carbonyl (C=O) groups excluding carboxylic acids is 1. The summed E-state index contributed by atoms with van der Waals surface area (Å²) in [6, 6.07) is 5.77. The van der Waals surface area contributed by atoms with Crippen molar-refractivity contribution in [3.8, 4) is 11.5 Å². The molecule has 26 heavy (non-hydrogen) atoms. The Morgan fingerprint density at radius 2 is 1.58 bits per heavy atom. The van der Waals surface area contributed by atoms with E-state index in [-0.39, 0.29) is 5.97 Å². The summed E-state index contributed by atoms with van der Waals surface area (Å²) in [5.74, 6) is 1.16. The SMILES string of the molecule is C/C=C(\C)COC(=O)/C=C/c1ccc(O[Si](C)(C)C)c(O[Si](C)(C)C)c1. The molecule has 6 heteroatoms. The summed E-state index contributed by atoms with van der Waals surface area (Å²) >= 11 is 0. The quantitative estimate of drug-likeness (QED) is 0.249. The van der Waals surface area contributed by atoms with Crippen molar-refractivity contribution in [2.24, 2.45) is 0 Å². The standard InChI is InChI=1S/C20H32O4Si2/c1-9-16(2)15-22-20(21)13-11-17-10-12-18(23-25(3,4)5)19(14-17)24-26(6,7)8/h9-14H,15H2,1-8H3/b13-11+,16-9+. The number of esters is 1. The summed E-state index contributed by atoms with van der Waals surface area (Å²) < 4.78 is 17.5. The lowest BCUT2D eigenvalue weighted by Crippen LogP contribution is -2.32. The number of hydrogen-bond acceptors (Lipinski definition) is 4. The molecule has 0 aliphatic heterocycles. The van der Waals surface area contributed by atoms with Gasteiger partial charge >= 0.3 is 5.97 Å². The minimum absolute atomic E-state index is 0.312. The van der Waals surface area contributed by atoms with Gasteiger partial charge in [-0.15, -0.1) is 0 Å². The van der Waals surface area contributed by atoms with E-state index in [1.807, 2.05) is 38.1 Å². The van der Waals surface area contributed by atoms with Gasteiger partial charge in [-0.25, -0.2) is 4.79 Å². The van der Waals surface area contributed by atoms with Gasteiger partial charge in [0.2, 0.25) is 16.6 Å². The van der Waals surface area contributed by atoms with Crippen molar-refractivity contribution in [3.63, 3.8) is 0 Å². The summed E-state index contributed by atoms with van der Waals surface area (Å²) in [6.07, 6.45) is 5.10. The van der Waals surface area contributed by atoms with Crippen molar-refractivity contribution in [2.45, 2.75) is 53.1 Å². The molecule has 0 aliphatic carbocycles. The van der Waals surface area contributed by atoms with Crippen molar-refractivity contribution < 1.29 is 18.4 Å². The van der Waals surface area contributed by atoms with E-state index in [2.05, 4.69) is 39.3 Å². The Morgan fingerprint density at radius 3 is 2.12 bits per heavy atom. The van der Waals surface area contributed by atoms with Gasteiger partial charge in [0, 0.05) is 6.08 Å². The number of carbonyl (C=O) groups is 1. The maximum atomic E-state index is 11.8. The number of ether oxygens (including phenoxy) is 1. The Balaban J connectivity index is 2.97. The molecule has 1 aromatic rings. The van der Waals surface area contributed by atoms with Crippen LogP contribution in [0, 0.1) is 0 Å². The smallest absolute Gasteiger partial charge is 0.331 e. The van der Waals surface area contributed by atoms with Crippen LogP contribution >= 0.6 is 0 Å². The Hall–Kier alpha value is -1.80. The summed E-state index contributed by atoms with van der Waals surface area (Å²) in [5, 5.41) is 0. The minimum Gasteiger partial charge on any atom is -0.542 e. The van der Waals surface area contributed by atoms with Crippen LogP contribution in [0.1, 0.15) is 19.4 Å². The van der Waals surface area contributed by atoms with E-state index in [0.29, 0.717) is 6.61 Å². The van der Waals surface area contributed by atoms with Gasteiger partial charge in [0.05, 0.1) is 0 Å². The molecule has 1 rings (SSSR count). The third-order valence-corrected chi connectivity index (χ3v) is 4.81. The van der Waals surface area contributed by atoms with Crippen LogP contribution in [0.5, 0.6) is 11.5 Å². The summed E-state index contributed by atoms with van der Waals surface area (Å²) in [6.45, 7) is 17.0. The van der Waals surface area contributed by atoms with Gasteiger partial charge in [0.15, 0.2) is 0 Å². The van der Waals surface area contributed by atoms with Crippen molar-refractivity contribution in [1.29, 1.82) is 0 Å². The molecule has 0 fully saturated rings. The first-order valence-corrected chi connectivity index (χ1v) is 15.7. The minimum atomic E-state index is -1.79. The zero-order valence-electron chi connectivity index (χ0n) is 17.3. The van der Waals surface area contributed by atoms with E-state index in [0.717, 1.165) is 22.6 Å². The van der Waals surface area contributed by atoms with Gasteiger partial charge in [-0.1, -0.05) is 12.1 Å². The van der Waals surface area contributed by atoms with Crippen LogP contribution < -0.4 is 8.85 Å². The highest BCUT2D eigenvalue weighted by molar-refractivity contribution is 6.71. The van der Waals surface area contributed by atoms with Gasteiger partial charge in [0.1, 0.15) is 18.1 Å². The first-order valence-electron chi connectivity index (χ1n) is 8.88. The highest BCUT2D eigenvalue weighted by Gasteiger charge is 2.23. The Morgan fingerprint density at radius 1 is 1.00 bits per heavy atom. The fraction of sp³-hybridized carbons (Fsp3) is 0.450. The molecule has 0 N–H and O–H groups in total. The topological polar surface area (TPSA) is 44.8 Å². The third kappa shape index (κ3) is 9.05. The maximum absolute atomic E-state index is 11.8. The van der Waals surface area contributed by atoms with Gasteiger partial charge in [-0.05, 0) is 82.5 Å². The van der Waals surface area contributed by atoms with Crippen LogP contribution in [-0.4, -0.2) is 29.2 Å². The van der Waals surface area contributed by atoms with E-state index >= 15 is 0 Å². The molecule has 0 saturated heterocycles. The predicted molar refractivity (Wildman–Crippen MR) is 114 cm³/mol. The lowest BCUT2D eigenvalue weighted by Gasteiger charge is -2.26. The van der Waals surface area contributed by atoms with Crippen LogP contribution in [0.3, 0.4) is 0 Å². The Kier molecular flexibility index (Phi) is 7.90. The Labute approximate surface area is 160 Å². The molecule has 0 amide bonds. The molecule has 0 radical (unpaired) electrons. The van der Waals surface area contributed by atoms with Crippen LogP contribution in [0.2, 0.25) is 39.3 Å².